The molecule has 2 heterocycles. The number of para-hydroxylation sites is 1. The third-order valence-corrected chi connectivity index (χ3v) is 11.8. The molecule has 0 aliphatic carbocycles. The van der Waals surface area contributed by atoms with Crippen LogP contribution >= 0.6 is 0 Å². The van der Waals surface area contributed by atoms with Crippen LogP contribution in [0.25, 0.3) is 10.9 Å². The topological polar surface area (TPSA) is 401 Å². The summed E-state index contributed by atoms with van der Waals surface area (Å²) in [6.07, 6.45) is 0.102. The zero-order valence-corrected chi connectivity index (χ0v) is 39.9. The van der Waals surface area contributed by atoms with Crippen molar-refractivity contribution in [2.24, 2.45) is 17.6 Å². The number of nitrogens with one attached hydrogen (secondary N) is 8. The normalized spacial score (nSPS) is 17.3. The molecule has 1 aromatic heterocycles. The lowest BCUT2D eigenvalue weighted by atomic mass is 9.99. The molecular weight excluding hydrogens is 921 g/mol. The van der Waals surface area contributed by atoms with Gasteiger partial charge in [-0.2, -0.15) is 0 Å². The summed E-state index contributed by atoms with van der Waals surface area (Å²) in [5, 5.41) is 66.8. The first-order valence-corrected chi connectivity index (χ1v) is 23.1. The number of hydrogen-bond acceptors (Lipinski definition) is 14. The highest BCUT2D eigenvalue weighted by molar-refractivity contribution is 5.98. The van der Waals surface area contributed by atoms with Crippen LogP contribution in [0.5, 0.6) is 0 Å². The molecule has 1 aliphatic heterocycles. The second-order valence-corrected chi connectivity index (χ2v) is 17.7. The molecule has 1 aliphatic rings. The molecule has 0 spiro atoms. The lowest BCUT2D eigenvalue weighted by Crippen LogP contribution is -2.62. The molecule has 25 heteroatoms. The van der Waals surface area contributed by atoms with Crippen molar-refractivity contribution in [3.8, 4) is 0 Å². The highest BCUT2D eigenvalue weighted by atomic mass is 16.4. The van der Waals surface area contributed by atoms with E-state index < -0.39 is 139 Å². The van der Waals surface area contributed by atoms with Gasteiger partial charge in [0, 0.05) is 36.5 Å². The molecule has 1 saturated heterocycles. The Balaban J connectivity index is 1.82. The maximum atomic E-state index is 14.3. The lowest BCUT2D eigenvalue weighted by molar-refractivity contribution is -0.144. The molecule has 0 radical (unpaired) electrons. The van der Waals surface area contributed by atoms with Gasteiger partial charge >= 0.3 is 11.9 Å². The van der Waals surface area contributed by atoms with Crippen molar-refractivity contribution in [1.29, 1.82) is 0 Å². The predicted molar refractivity (Wildman–Crippen MR) is 249 cm³/mol. The van der Waals surface area contributed by atoms with Crippen molar-refractivity contribution in [3.63, 3.8) is 0 Å². The van der Waals surface area contributed by atoms with E-state index in [1.54, 1.807) is 58.2 Å². The minimum atomic E-state index is -1.78. The Morgan fingerprint density at radius 1 is 0.771 bits per heavy atom. The Bertz CT molecular complexity index is 2180. The number of aromatic amines is 1. The van der Waals surface area contributed by atoms with E-state index in [2.05, 4.69) is 42.2 Å². The van der Waals surface area contributed by atoms with E-state index in [-0.39, 0.29) is 44.6 Å². The van der Waals surface area contributed by atoms with E-state index in [0.717, 1.165) is 4.90 Å². The highest BCUT2D eigenvalue weighted by Gasteiger charge is 2.40. The monoisotopic (exact) mass is 988 g/mol. The molecule has 8 amide bonds. The number of likely N-dealkylation sites (tertiary alicyclic amines) is 1. The molecule has 10 atom stereocenters. The summed E-state index contributed by atoms with van der Waals surface area (Å²) >= 11 is 0. The largest absolute Gasteiger partial charge is 0.481 e. The molecular formula is C45H68N10O15. The third kappa shape index (κ3) is 16.8. The zero-order valence-electron chi connectivity index (χ0n) is 39.9. The van der Waals surface area contributed by atoms with Crippen LogP contribution in [0.4, 0.5) is 0 Å². The Morgan fingerprint density at radius 2 is 1.39 bits per heavy atom. The average molecular weight is 989 g/mol. The van der Waals surface area contributed by atoms with Crippen LogP contribution in [0, 0.1) is 11.8 Å². The Hall–Kier alpha value is -6.70. The summed E-state index contributed by atoms with van der Waals surface area (Å²) in [5.74, 6) is -10.6. The van der Waals surface area contributed by atoms with Crippen LogP contribution in [0.15, 0.2) is 30.5 Å². The van der Waals surface area contributed by atoms with Crippen LogP contribution in [0.2, 0.25) is 0 Å². The fourth-order valence-electron chi connectivity index (χ4n) is 7.67. The fraction of sp³-hybridized carbons (Fsp3) is 0.600. The number of amides is 8. The number of aliphatic hydroxyl groups excluding tert-OH is 3. The minimum Gasteiger partial charge on any atom is -0.481 e. The van der Waals surface area contributed by atoms with Crippen molar-refractivity contribution in [2.75, 3.05) is 26.3 Å². The number of carboxylic acid groups (broad SMARTS) is 2. The highest BCUT2D eigenvalue weighted by Crippen LogP contribution is 2.22. The molecule has 0 saturated carbocycles. The first-order chi connectivity index (χ1) is 33.0. The van der Waals surface area contributed by atoms with Gasteiger partial charge in [-0.15, -0.1) is 0 Å². The molecule has 15 N–H and O–H groups in total. The number of benzene rings is 1. The standard InChI is InChI=1S/C45H68N10O15/c1-6-23(4)36(45(69)70)53-41(65)31(20-56)52-43(67)37(24(5)58)54-40(64)30(17-25-18-47-28-11-8-7-10-26(25)28)50-39(63)29(16-22(2)3)51-42(66)33-12-9-15-55(33)44(68)32(21-57)49-34(59)19-48-38(62)27(46)13-14-35(60)61/h7-8,10-11,18,22-24,27,29-33,36-37,47,56-58H,6,9,12-17,19-21,46H2,1-5H3,(H,48,62)(H,49,59)(H,50,63)(H,51,66)(H,52,67)(H,53,65)(H,54,64)(H,60,61)(H,69,70)/t23-,24+,27-,29-,30-,31-,32-,33-,36-,37-/m0/s1. The third-order valence-electron chi connectivity index (χ3n) is 11.8. The van der Waals surface area contributed by atoms with Crippen LogP contribution < -0.4 is 43.0 Å². The Labute approximate surface area is 403 Å². The molecule has 25 nitrogen and oxygen atoms in total. The number of aromatic nitrogens is 1. The number of nitrogens with two attached hydrogens (primary N) is 1. The summed E-state index contributed by atoms with van der Waals surface area (Å²) in [7, 11) is 0. The fourth-order valence-corrected chi connectivity index (χ4v) is 7.67. The number of rotatable bonds is 28. The van der Waals surface area contributed by atoms with E-state index >= 15 is 0 Å². The number of carbonyl (C=O) groups is 10. The zero-order chi connectivity index (χ0) is 52.4. The number of H-pyrrole nitrogens is 1. The van der Waals surface area contributed by atoms with Gasteiger partial charge in [0.05, 0.1) is 31.9 Å². The maximum absolute atomic E-state index is 14.3. The van der Waals surface area contributed by atoms with Crippen LogP contribution in [0.3, 0.4) is 0 Å². The second kappa shape index (κ2) is 27.5. The van der Waals surface area contributed by atoms with E-state index in [1.807, 2.05) is 0 Å². The second-order valence-electron chi connectivity index (χ2n) is 17.7. The summed E-state index contributed by atoms with van der Waals surface area (Å²) in [4.78, 5) is 135. The molecule has 388 valence electrons. The summed E-state index contributed by atoms with van der Waals surface area (Å²) < 4.78 is 0. The molecule has 3 rings (SSSR count). The van der Waals surface area contributed by atoms with Gasteiger partial charge < -0.3 is 78.4 Å². The summed E-state index contributed by atoms with van der Waals surface area (Å²) in [5.41, 5.74) is 6.91. The summed E-state index contributed by atoms with van der Waals surface area (Å²) in [6, 6.07) is -4.48. The number of hydrogen-bond donors (Lipinski definition) is 14. The van der Waals surface area contributed by atoms with Crippen LogP contribution in [0.1, 0.15) is 78.7 Å². The average Bonchev–Trinajstić information content (AvgIpc) is 3.98. The first-order valence-electron chi connectivity index (χ1n) is 23.1. The number of nitrogens with zero attached hydrogens (tertiary/aromatic N) is 1. The van der Waals surface area contributed by atoms with Gasteiger partial charge in [-0.1, -0.05) is 52.3 Å². The van der Waals surface area contributed by atoms with Crippen LogP contribution in [-0.2, 0) is 54.4 Å². The van der Waals surface area contributed by atoms with Gasteiger partial charge in [-0.3, -0.25) is 43.2 Å². The number of carboxylic acids is 2. The summed E-state index contributed by atoms with van der Waals surface area (Å²) in [6.45, 7) is 5.52. The first kappa shape index (κ1) is 57.6. The molecule has 1 aromatic carbocycles. The Morgan fingerprint density at radius 3 is 1.99 bits per heavy atom. The molecule has 0 bridgehead atoms. The number of carbonyl (C=O) groups excluding carboxylic acids is 8. The smallest absolute Gasteiger partial charge is 0.326 e. The van der Waals surface area contributed by atoms with E-state index in [9.17, 15) is 68.4 Å². The van der Waals surface area contributed by atoms with E-state index in [0.29, 0.717) is 29.3 Å². The molecule has 1 fully saturated rings. The number of aliphatic hydroxyl groups is 3. The van der Waals surface area contributed by atoms with Crippen molar-refractivity contribution >= 4 is 70.1 Å². The van der Waals surface area contributed by atoms with Gasteiger partial charge in [0.2, 0.25) is 47.3 Å². The number of aliphatic carboxylic acids is 2. The molecule has 0 unspecified atom stereocenters. The van der Waals surface area contributed by atoms with E-state index in [4.69, 9.17) is 10.8 Å². The van der Waals surface area contributed by atoms with Crippen molar-refractivity contribution in [1.82, 2.24) is 47.1 Å². The number of fused-ring (bicyclic) bond motifs is 1. The van der Waals surface area contributed by atoms with Crippen molar-refractivity contribution in [2.45, 2.75) is 134 Å². The predicted octanol–water partition coefficient (Wildman–Crippen LogP) is -3.54. The van der Waals surface area contributed by atoms with E-state index in [1.165, 1.54) is 6.92 Å². The van der Waals surface area contributed by atoms with Crippen molar-refractivity contribution < 1.29 is 73.5 Å². The van der Waals surface area contributed by atoms with Gasteiger partial charge in [0.25, 0.3) is 0 Å². The molecule has 2 aromatic rings. The maximum Gasteiger partial charge on any atom is 0.326 e. The van der Waals surface area contributed by atoms with Gasteiger partial charge in [0.1, 0.15) is 42.3 Å². The SMILES string of the molecule is CC[C@H](C)[C@H](NC(=O)[C@H](CO)NC(=O)[C@@H](NC(=O)[C@H](Cc1c[nH]c2ccccc12)NC(=O)[C@H](CC(C)C)NC(=O)[C@@H]1CCCN1C(=O)[C@H](CO)NC(=O)CNC(=O)[C@@H](N)CCC(=O)O)[C@@H](C)O)C(=O)O. The van der Waals surface area contributed by atoms with Gasteiger partial charge in [-0.25, -0.2) is 4.79 Å². The lowest BCUT2D eigenvalue weighted by Gasteiger charge is -2.30. The van der Waals surface area contributed by atoms with Gasteiger partial charge in [0.15, 0.2) is 0 Å². The minimum absolute atomic E-state index is 0.0315. The van der Waals surface area contributed by atoms with Crippen molar-refractivity contribution in [3.05, 3.63) is 36.0 Å². The molecule has 70 heavy (non-hydrogen) atoms. The van der Waals surface area contributed by atoms with Crippen LogP contribution in [-0.4, -0.2) is 175 Å². The Kier molecular flexibility index (Phi) is 22.6. The quantitative estimate of drug-likeness (QED) is 0.0393. The van der Waals surface area contributed by atoms with Gasteiger partial charge in [-0.05, 0) is 56.1 Å².